The van der Waals surface area contributed by atoms with Crippen LogP contribution in [-0.2, 0) is 13.1 Å². The molecule has 0 amide bonds. The number of benzene rings is 2. The van der Waals surface area contributed by atoms with Crippen molar-refractivity contribution >= 4 is 28.2 Å². The first-order valence-corrected chi connectivity index (χ1v) is 10.8. The van der Waals surface area contributed by atoms with Crippen LogP contribution in [0.25, 0.3) is 10.9 Å². The number of nitrogens with one attached hydrogen (secondary N) is 2. The Morgan fingerprint density at radius 1 is 1.12 bits per heavy atom. The van der Waals surface area contributed by atoms with E-state index in [-0.39, 0.29) is 11.6 Å². The van der Waals surface area contributed by atoms with Crippen LogP contribution < -0.4 is 15.6 Å². The topological polar surface area (TPSA) is 70.5 Å². The highest BCUT2D eigenvalue weighted by Crippen LogP contribution is 2.20. The normalized spacial score (nSPS) is 11.8. The van der Waals surface area contributed by atoms with Crippen LogP contribution in [0.5, 0.6) is 5.75 Å². The third kappa shape index (κ3) is 5.00. The average Bonchev–Trinajstić information content (AvgIpc) is 3.32. The van der Waals surface area contributed by atoms with Gasteiger partial charge in [0.1, 0.15) is 11.5 Å². The molecule has 1 unspecified atom stereocenters. The lowest BCUT2D eigenvalue weighted by Crippen LogP contribution is -2.41. The minimum atomic E-state index is -0.158. The summed E-state index contributed by atoms with van der Waals surface area (Å²) in [7, 11) is 1.60. The van der Waals surface area contributed by atoms with Crippen LogP contribution in [0, 0.1) is 0 Å². The van der Waals surface area contributed by atoms with Crippen molar-refractivity contribution in [2.24, 2.45) is 0 Å². The Morgan fingerprint density at radius 3 is 2.66 bits per heavy atom. The van der Waals surface area contributed by atoms with Crippen LogP contribution >= 0.6 is 12.2 Å². The number of furan rings is 1. The lowest BCUT2D eigenvalue weighted by atomic mass is 10.1. The van der Waals surface area contributed by atoms with E-state index < -0.39 is 0 Å². The van der Waals surface area contributed by atoms with Crippen molar-refractivity contribution in [3.8, 4) is 5.75 Å². The number of ether oxygens (including phenoxy) is 1. The first-order chi connectivity index (χ1) is 15.5. The summed E-state index contributed by atoms with van der Waals surface area (Å²) in [4.78, 5) is 17.7. The second-order valence-corrected chi connectivity index (χ2v) is 7.98. The third-order valence-corrected chi connectivity index (χ3v) is 5.72. The van der Waals surface area contributed by atoms with Crippen molar-refractivity contribution in [1.29, 1.82) is 0 Å². The van der Waals surface area contributed by atoms with Gasteiger partial charge in [-0.1, -0.05) is 30.3 Å². The first-order valence-electron chi connectivity index (χ1n) is 10.4. The number of aromatic nitrogens is 1. The Balaban J connectivity index is 1.59. The second-order valence-electron chi connectivity index (χ2n) is 7.59. The van der Waals surface area contributed by atoms with Gasteiger partial charge in [0.15, 0.2) is 5.11 Å². The molecule has 6 nitrogen and oxygen atoms in total. The SMILES string of the molecule is COc1ccc2cc(CN(Cc3ccco3)C(=S)NC(C)c3ccccc3)c(=O)[nH]c2c1. The van der Waals surface area contributed by atoms with Crippen molar-refractivity contribution in [3.05, 3.63) is 100 Å². The van der Waals surface area contributed by atoms with Crippen LogP contribution in [0.15, 0.2) is 82.2 Å². The van der Waals surface area contributed by atoms with Crippen molar-refractivity contribution in [3.63, 3.8) is 0 Å². The number of methoxy groups -OCH3 is 1. The molecule has 164 valence electrons. The molecule has 4 rings (SSSR count). The molecular weight excluding hydrogens is 422 g/mol. The number of hydrogen-bond donors (Lipinski definition) is 2. The largest absolute Gasteiger partial charge is 0.497 e. The third-order valence-electron chi connectivity index (χ3n) is 5.34. The zero-order valence-electron chi connectivity index (χ0n) is 18.0. The van der Waals surface area contributed by atoms with E-state index in [0.29, 0.717) is 29.5 Å². The van der Waals surface area contributed by atoms with E-state index in [1.165, 1.54) is 0 Å². The van der Waals surface area contributed by atoms with Crippen LogP contribution in [0.1, 0.15) is 29.9 Å². The molecule has 0 radical (unpaired) electrons. The minimum Gasteiger partial charge on any atom is -0.497 e. The number of rotatable bonds is 7. The Kier molecular flexibility index (Phi) is 6.56. The van der Waals surface area contributed by atoms with E-state index in [0.717, 1.165) is 22.2 Å². The lowest BCUT2D eigenvalue weighted by molar-refractivity contribution is 0.347. The Morgan fingerprint density at radius 2 is 1.94 bits per heavy atom. The Bertz CT molecular complexity index is 1250. The molecule has 0 saturated heterocycles. The zero-order chi connectivity index (χ0) is 22.5. The fourth-order valence-corrected chi connectivity index (χ4v) is 3.87. The van der Waals surface area contributed by atoms with Gasteiger partial charge in [-0.15, -0.1) is 0 Å². The van der Waals surface area contributed by atoms with E-state index >= 15 is 0 Å². The molecule has 2 aromatic heterocycles. The van der Waals surface area contributed by atoms with Crippen LogP contribution in [0.4, 0.5) is 0 Å². The van der Waals surface area contributed by atoms with Gasteiger partial charge in [-0.2, -0.15) is 0 Å². The second kappa shape index (κ2) is 9.70. The predicted molar refractivity (Wildman–Crippen MR) is 130 cm³/mol. The number of fused-ring (bicyclic) bond motifs is 1. The fraction of sp³-hybridized carbons (Fsp3) is 0.200. The van der Waals surface area contributed by atoms with Gasteiger partial charge in [-0.3, -0.25) is 4.79 Å². The smallest absolute Gasteiger partial charge is 0.253 e. The van der Waals surface area contributed by atoms with Crippen molar-refractivity contribution in [2.75, 3.05) is 7.11 Å². The van der Waals surface area contributed by atoms with E-state index in [1.807, 2.05) is 59.5 Å². The number of thiocarbonyl (C=S) groups is 1. The highest BCUT2D eigenvalue weighted by atomic mass is 32.1. The lowest BCUT2D eigenvalue weighted by Gasteiger charge is -2.27. The maximum absolute atomic E-state index is 12.8. The molecule has 1 atom stereocenters. The molecule has 0 spiro atoms. The molecule has 4 aromatic rings. The van der Waals surface area contributed by atoms with E-state index in [9.17, 15) is 4.79 Å². The van der Waals surface area contributed by atoms with Crippen molar-refractivity contribution in [1.82, 2.24) is 15.2 Å². The van der Waals surface area contributed by atoms with Crippen molar-refractivity contribution < 1.29 is 9.15 Å². The number of pyridine rings is 1. The molecule has 32 heavy (non-hydrogen) atoms. The van der Waals surface area contributed by atoms with Gasteiger partial charge in [-0.25, -0.2) is 0 Å². The van der Waals surface area contributed by atoms with Crippen LogP contribution in [0.3, 0.4) is 0 Å². The van der Waals surface area contributed by atoms with Gasteiger partial charge >= 0.3 is 0 Å². The van der Waals surface area contributed by atoms with Crippen molar-refractivity contribution in [2.45, 2.75) is 26.1 Å². The van der Waals surface area contributed by atoms with Gasteiger partial charge < -0.3 is 24.4 Å². The predicted octanol–water partition coefficient (Wildman–Crippen LogP) is 4.77. The van der Waals surface area contributed by atoms with Gasteiger partial charge in [-0.05, 0) is 60.4 Å². The van der Waals surface area contributed by atoms with Gasteiger partial charge in [0.05, 0.1) is 38.0 Å². The summed E-state index contributed by atoms with van der Waals surface area (Å²) in [5, 5.41) is 4.86. The minimum absolute atomic E-state index is 0.0187. The first kappa shape index (κ1) is 21.6. The molecule has 0 aliphatic rings. The summed E-state index contributed by atoms with van der Waals surface area (Å²) in [6.45, 7) is 2.84. The summed E-state index contributed by atoms with van der Waals surface area (Å²) in [5.74, 6) is 1.46. The van der Waals surface area contributed by atoms with Gasteiger partial charge in [0.2, 0.25) is 0 Å². The Hall–Kier alpha value is -3.58. The zero-order valence-corrected chi connectivity index (χ0v) is 18.8. The Labute approximate surface area is 191 Å². The highest BCUT2D eigenvalue weighted by Gasteiger charge is 2.17. The summed E-state index contributed by atoms with van der Waals surface area (Å²) in [5.41, 5.74) is 2.32. The summed E-state index contributed by atoms with van der Waals surface area (Å²) in [6, 6.07) is 21.4. The number of aromatic amines is 1. The summed E-state index contributed by atoms with van der Waals surface area (Å²) >= 11 is 5.74. The quantitative estimate of drug-likeness (QED) is 0.398. The molecular formula is C25H25N3O3S. The van der Waals surface area contributed by atoms with Crippen LogP contribution in [0.2, 0.25) is 0 Å². The fourth-order valence-electron chi connectivity index (χ4n) is 3.57. The summed E-state index contributed by atoms with van der Waals surface area (Å²) in [6.07, 6.45) is 1.63. The molecule has 7 heteroatoms. The molecule has 2 heterocycles. The maximum atomic E-state index is 12.8. The monoisotopic (exact) mass is 447 g/mol. The molecule has 0 fully saturated rings. The molecule has 2 aromatic carbocycles. The highest BCUT2D eigenvalue weighted by molar-refractivity contribution is 7.80. The van der Waals surface area contributed by atoms with Gasteiger partial charge in [0.25, 0.3) is 5.56 Å². The van der Waals surface area contributed by atoms with E-state index in [2.05, 4.69) is 29.4 Å². The van der Waals surface area contributed by atoms with Crippen LogP contribution in [-0.4, -0.2) is 22.1 Å². The standard InChI is InChI=1S/C25H25N3O3S/c1-17(18-7-4-3-5-8-18)26-25(32)28(16-22-9-6-12-31-22)15-20-13-19-10-11-21(30-2)14-23(19)27-24(20)29/h3-14,17H,15-16H2,1-2H3,(H,26,32)(H,27,29). The number of nitrogens with zero attached hydrogens (tertiary/aromatic N) is 1. The summed E-state index contributed by atoms with van der Waals surface area (Å²) < 4.78 is 10.8. The van der Waals surface area contributed by atoms with Gasteiger partial charge in [0, 0.05) is 11.6 Å². The van der Waals surface area contributed by atoms with E-state index in [1.54, 1.807) is 13.4 Å². The van der Waals surface area contributed by atoms with E-state index in [4.69, 9.17) is 21.4 Å². The molecule has 0 aliphatic carbocycles. The molecule has 2 N–H and O–H groups in total. The molecule has 0 saturated carbocycles. The average molecular weight is 448 g/mol. The maximum Gasteiger partial charge on any atom is 0.253 e. The molecule has 0 bridgehead atoms. The number of hydrogen-bond acceptors (Lipinski definition) is 4. The number of H-pyrrole nitrogens is 1. The molecule has 0 aliphatic heterocycles.